The maximum absolute atomic E-state index is 14.1. The van der Waals surface area contributed by atoms with Crippen molar-refractivity contribution >= 4 is 36.4 Å². The van der Waals surface area contributed by atoms with Crippen molar-refractivity contribution in [1.29, 1.82) is 0 Å². The van der Waals surface area contributed by atoms with Crippen LogP contribution in [0.5, 0.6) is 5.75 Å². The van der Waals surface area contributed by atoms with Gasteiger partial charge in [-0.1, -0.05) is 17.7 Å². The summed E-state index contributed by atoms with van der Waals surface area (Å²) in [6, 6.07) is 3.23. The second-order valence-corrected chi connectivity index (χ2v) is 5.12. The van der Waals surface area contributed by atoms with Crippen LogP contribution in [0.1, 0.15) is 18.5 Å². The van der Waals surface area contributed by atoms with Crippen LogP contribution < -0.4 is 10.1 Å². The van der Waals surface area contributed by atoms with Gasteiger partial charge in [-0.05, 0) is 24.6 Å². The predicted molar refractivity (Wildman–Crippen MR) is 94.5 cm³/mol. The molecule has 0 radical (unpaired) electrons. The number of halogens is 4. The lowest BCUT2D eigenvalue weighted by atomic mass is 10.0. The van der Waals surface area contributed by atoms with Gasteiger partial charge in [0.1, 0.15) is 0 Å². The van der Waals surface area contributed by atoms with Gasteiger partial charge in [0.25, 0.3) is 0 Å². The molecule has 0 unspecified atom stereocenters. The van der Waals surface area contributed by atoms with Gasteiger partial charge in [-0.25, -0.2) is 4.39 Å². The zero-order valence-corrected chi connectivity index (χ0v) is 14.9. The van der Waals surface area contributed by atoms with Gasteiger partial charge in [0.05, 0.1) is 17.7 Å². The molecule has 0 aliphatic carbocycles. The first-order valence-corrected chi connectivity index (χ1v) is 7.24. The lowest BCUT2D eigenvalue weighted by Gasteiger charge is -2.33. The Balaban J connectivity index is 0.00000220. The number of benzene rings is 1. The standard InChI is InChI=1S/C15H20ClFN2O.2ClH/c1-3-14(19-7-5-18-6-8-19)11-9-12(16)15(20-4-2)13(17)10-11;;/h3,9-10,14,18H,1,4-8H2,2H3;2*1H/t14-;;/m1../s1. The average molecular weight is 372 g/mol. The van der Waals surface area contributed by atoms with Crippen molar-refractivity contribution in [1.82, 2.24) is 10.2 Å². The minimum atomic E-state index is -0.420. The van der Waals surface area contributed by atoms with Crippen LogP contribution in [0.15, 0.2) is 24.8 Å². The summed E-state index contributed by atoms with van der Waals surface area (Å²) in [7, 11) is 0. The fraction of sp³-hybridized carbons (Fsp3) is 0.467. The topological polar surface area (TPSA) is 24.5 Å². The maximum atomic E-state index is 14.1. The van der Waals surface area contributed by atoms with Gasteiger partial charge in [-0.3, -0.25) is 4.90 Å². The van der Waals surface area contributed by atoms with Gasteiger partial charge in [-0.2, -0.15) is 0 Å². The third kappa shape index (κ3) is 5.00. The molecule has 1 aliphatic heterocycles. The van der Waals surface area contributed by atoms with Crippen molar-refractivity contribution in [3.8, 4) is 5.75 Å². The molecule has 0 aromatic heterocycles. The molecule has 3 nitrogen and oxygen atoms in total. The number of rotatable bonds is 5. The van der Waals surface area contributed by atoms with E-state index in [2.05, 4.69) is 16.8 Å². The molecular formula is C15H22Cl3FN2O. The van der Waals surface area contributed by atoms with Gasteiger partial charge >= 0.3 is 0 Å². The van der Waals surface area contributed by atoms with E-state index in [1.165, 1.54) is 6.07 Å². The number of nitrogens with one attached hydrogen (secondary N) is 1. The van der Waals surface area contributed by atoms with Crippen LogP contribution in [0.2, 0.25) is 5.02 Å². The largest absolute Gasteiger partial charge is 0.489 e. The summed E-state index contributed by atoms with van der Waals surface area (Å²) in [5, 5.41) is 3.61. The van der Waals surface area contributed by atoms with Gasteiger partial charge in [0.2, 0.25) is 0 Å². The van der Waals surface area contributed by atoms with Crippen molar-refractivity contribution < 1.29 is 9.13 Å². The molecule has 1 saturated heterocycles. The van der Waals surface area contributed by atoms with Gasteiger partial charge < -0.3 is 10.1 Å². The third-order valence-corrected chi connectivity index (χ3v) is 3.70. The normalized spacial score (nSPS) is 16.1. The van der Waals surface area contributed by atoms with Crippen LogP contribution in [0.3, 0.4) is 0 Å². The van der Waals surface area contributed by atoms with E-state index < -0.39 is 5.82 Å². The van der Waals surface area contributed by atoms with Gasteiger partial charge in [-0.15, -0.1) is 31.4 Å². The van der Waals surface area contributed by atoms with Crippen molar-refractivity contribution in [2.45, 2.75) is 13.0 Å². The first-order valence-electron chi connectivity index (χ1n) is 6.86. The molecule has 1 heterocycles. The highest BCUT2D eigenvalue weighted by atomic mass is 35.5. The summed E-state index contributed by atoms with van der Waals surface area (Å²) < 4.78 is 19.3. The molecule has 1 N–H and O–H groups in total. The highest BCUT2D eigenvalue weighted by molar-refractivity contribution is 6.32. The summed E-state index contributed by atoms with van der Waals surface area (Å²) >= 11 is 6.12. The molecule has 126 valence electrons. The van der Waals surface area contributed by atoms with E-state index in [1.54, 1.807) is 13.0 Å². The fourth-order valence-corrected chi connectivity index (χ4v) is 2.76. The number of ether oxygens (including phenoxy) is 1. The number of nitrogens with zero attached hydrogens (tertiary/aromatic N) is 1. The zero-order chi connectivity index (χ0) is 14.5. The Morgan fingerprint density at radius 1 is 1.41 bits per heavy atom. The number of hydrogen-bond donors (Lipinski definition) is 1. The molecule has 1 aliphatic rings. The molecule has 0 spiro atoms. The minimum absolute atomic E-state index is 0. The molecule has 22 heavy (non-hydrogen) atoms. The average Bonchev–Trinajstić information content (AvgIpc) is 2.45. The maximum Gasteiger partial charge on any atom is 0.173 e. The van der Waals surface area contributed by atoms with Crippen LogP contribution in [0.4, 0.5) is 4.39 Å². The first kappa shape index (κ1) is 21.5. The fourth-order valence-electron chi connectivity index (χ4n) is 2.49. The van der Waals surface area contributed by atoms with Crippen LogP contribution in [-0.2, 0) is 0 Å². The van der Waals surface area contributed by atoms with E-state index in [4.69, 9.17) is 16.3 Å². The summed E-state index contributed by atoms with van der Waals surface area (Å²) in [4.78, 5) is 2.26. The first-order chi connectivity index (χ1) is 9.67. The van der Waals surface area contributed by atoms with E-state index in [-0.39, 0.29) is 36.6 Å². The van der Waals surface area contributed by atoms with E-state index in [0.29, 0.717) is 11.6 Å². The molecule has 2 rings (SSSR count). The summed E-state index contributed by atoms with van der Waals surface area (Å²) in [6.07, 6.45) is 1.83. The zero-order valence-electron chi connectivity index (χ0n) is 12.5. The Morgan fingerprint density at radius 3 is 2.55 bits per heavy atom. The molecule has 0 amide bonds. The Hall–Kier alpha value is -0.520. The molecule has 0 saturated carbocycles. The molecular weight excluding hydrogens is 350 g/mol. The van der Waals surface area contributed by atoms with Crippen molar-refractivity contribution in [3.05, 3.63) is 41.2 Å². The van der Waals surface area contributed by atoms with Gasteiger partial charge in [0, 0.05) is 26.2 Å². The second kappa shape index (κ2) is 10.3. The Kier molecular flexibility index (Phi) is 10.0. The van der Waals surface area contributed by atoms with E-state index >= 15 is 0 Å². The molecule has 7 heteroatoms. The molecule has 1 aromatic carbocycles. The van der Waals surface area contributed by atoms with Crippen LogP contribution >= 0.6 is 36.4 Å². The Labute approximate surface area is 148 Å². The van der Waals surface area contributed by atoms with E-state index in [9.17, 15) is 4.39 Å². The lowest BCUT2D eigenvalue weighted by Crippen LogP contribution is -2.44. The van der Waals surface area contributed by atoms with Crippen molar-refractivity contribution in [3.63, 3.8) is 0 Å². The summed E-state index contributed by atoms with van der Waals surface area (Å²) in [5.41, 5.74) is 0.813. The molecule has 0 bridgehead atoms. The minimum Gasteiger partial charge on any atom is -0.489 e. The quantitative estimate of drug-likeness (QED) is 0.796. The van der Waals surface area contributed by atoms with Gasteiger partial charge in [0.15, 0.2) is 11.6 Å². The van der Waals surface area contributed by atoms with Crippen LogP contribution in [0.25, 0.3) is 0 Å². The van der Waals surface area contributed by atoms with Crippen LogP contribution in [0, 0.1) is 5.82 Å². The Morgan fingerprint density at radius 2 is 2.05 bits per heavy atom. The smallest absolute Gasteiger partial charge is 0.173 e. The molecule has 1 fully saturated rings. The lowest BCUT2D eigenvalue weighted by molar-refractivity contribution is 0.203. The van der Waals surface area contributed by atoms with E-state index in [1.807, 2.05) is 6.08 Å². The van der Waals surface area contributed by atoms with Crippen molar-refractivity contribution in [2.75, 3.05) is 32.8 Å². The Bertz CT molecular complexity index is 459. The van der Waals surface area contributed by atoms with E-state index in [0.717, 1.165) is 31.7 Å². The SMILES string of the molecule is C=C[C@H](c1cc(F)c(OCC)c(Cl)c1)N1CCNCC1.Cl.Cl. The van der Waals surface area contributed by atoms with Crippen LogP contribution in [-0.4, -0.2) is 37.7 Å². The summed E-state index contributed by atoms with van der Waals surface area (Å²) in [6.45, 7) is 9.73. The molecule has 1 aromatic rings. The summed E-state index contributed by atoms with van der Waals surface area (Å²) in [5.74, 6) is -0.294. The third-order valence-electron chi connectivity index (χ3n) is 3.42. The number of piperazine rings is 1. The highest BCUT2D eigenvalue weighted by Gasteiger charge is 2.22. The predicted octanol–water partition coefficient (Wildman–Crippen LogP) is 3.85. The molecule has 1 atom stereocenters. The second-order valence-electron chi connectivity index (χ2n) is 4.71. The van der Waals surface area contributed by atoms with Crippen molar-refractivity contribution in [2.24, 2.45) is 0 Å². The monoisotopic (exact) mass is 370 g/mol. The number of hydrogen-bond acceptors (Lipinski definition) is 3. The highest BCUT2D eigenvalue weighted by Crippen LogP contribution is 2.33.